The van der Waals surface area contributed by atoms with Crippen LogP contribution < -0.4 is 0 Å². The quantitative estimate of drug-likeness (QED) is 0.0424. The van der Waals surface area contributed by atoms with Crippen LogP contribution in [0, 0.1) is 0 Å². The number of aliphatic carboxylic acids is 1. The van der Waals surface area contributed by atoms with Crippen molar-refractivity contribution < 1.29 is 19.4 Å². The summed E-state index contributed by atoms with van der Waals surface area (Å²) in [6.07, 6.45) is 50.2. The Labute approximate surface area is 285 Å². The van der Waals surface area contributed by atoms with Crippen LogP contribution in [-0.2, 0) is 14.3 Å². The van der Waals surface area contributed by atoms with Gasteiger partial charge in [0.15, 0.2) is 0 Å². The number of carboxylic acids is 1. The van der Waals surface area contributed by atoms with E-state index in [0.717, 1.165) is 57.8 Å². The molecule has 266 valence electrons. The van der Waals surface area contributed by atoms with E-state index in [2.05, 4.69) is 56.4 Å². The standard InChI is InChI=1S/C42H74O4/c1-3-5-7-9-11-13-14-15-16-17-18-19-20-21-22-23-24-25-27-29-35-39-42(45)46-40(37-33-30-31-34-38-41(43)44)36-32-28-26-12-10-8-6-4-2/h6,8,12,17-18,26,32,36,40H,3-5,7,9-11,13-16,19-25,27-31,33-35,37-39H2,1-2H3,(H,43,44)/b8-6-,18-17-,26-12-,36-32-. The summed E-state index contributed by atoms with van der Waals surface area (Å²) in [6.45, 7) is 4.42. The molecule has 1 atom stereocenters. The Kier molecular flexibility index (Phi) is 35.7. The fraction of sp³-hybridized carbons (Fsp3) is 0.762. The predicted octanol–water partition coefficient (Wildman–Crippen LogP) is 13.6. The third-order valence-corrected chi connectivity index (χ3v) is 8.52. The van der Waals surface area contributed by atoms with Crippen molar-refractivity contribution in [1.29, 1.82) is 0 Å². The molecule has 0 fully saturated rings. The highest BCUT2D eigenvalue weighted by Gasteiger charge is 2.11. The van der Waals surface area contributed by atoms with Gasteiger partial charge in [-0.3, -0.25) is 9.59 Å². The Morgan fingerprint density at radius 1 is 0.522 bits per heavy atom. The van der Waals surface area contributed by atoms with Crippen molar-refractivity contribution >= 4 is 11.9 Å². The molecule has 0 aromatic heterocycles. The van der Waals surface area contributed by atoms with E-state index in [1.165, 1.54) is 109 Å². The minimum atomic E-state index is -0.730. The van der Waals surface area contributed by atoms with Crippen LogP contribution in [0.4, 0.5) is 0 Å². The number of hydrogen-bond donors (Lipinski definition) is 1. The molecular formula is C42H74O4. The minimum absolute atomic E-state index is 0.0902. The van der Waals surface area contributed by atoms with Crippen LogP contribution in [-0.4, -0.2) is 23.1 Å². The van der Waals surface area contributed by atoms with Crippen molar-refractivity contribution in [3.05, 3.63) is 48.6 Å². The van der Waals surface area contributed by atoms with Gasteiger partial charge in [0.2, 0.25) is 0 Å². The van der Waals surface area contributed by atoms with Gasteiger partial charge in [0.1, 0.15) is 6.10 Å². The van der Waals surface area contributed by atoms with Crippen LogP contribution in [0.25, 0.3) is 0 Å². The van der Waals surface area contributed by atoms with Gasteiger partial charge in [-0.05, 0) is 76.7 Å². The molecule has 0 rings (SSSR count). The minimum Gasteiger partial charge on any atom is -0.481 e. The first-order valence-corrected chi connectivity index (χ1v) is 19.6. The highest BCUT2D eigenvalue weighted by atomic mass is 16.5. The molecule has 0 heterocycles. The maximum atomic E-state index is 12.6. The van der Waals surface area contributed by atoms with E-state index >= 15 is 0 Å². The summed E-state index contributed by atoms with van der Waals surface area (Å²) in [5.74, 6) is -0.821. The maximum absolute atomic E-state index is 12.6. The smallest absolute Gasteiger partial charge is 0.306 e. The van der Waals surface area contributed by atoms with Gasteiger partial charge in [-0.1, -0.05) is 159 Å². The molecule has 4 nitrogen and oxygen atoms in total. The van der Waals surface area contributed by atoms with E-state index in [1.807, 2.05) is 6.08 Å². The normalized spacial score (nSPS) is 12.7. The second-order valence-electron chi connectivity index (χ2n) is 13.1. The number of carboxylic acid groups (broad SMARTS) is 1. The first-order valence-electron chi connectivity index (χ1n) is 19.6. The van der Waals surface area contributed by atoms with E-state index in [9.17, 15) is 9.59 Å². The third-order valence-electron chi connectivity index (χ3n) is 8.52. The maximum Gasteiger partial charge on any atom is 0.306 e. The molecule has 0 spiro atoms. The first kappa shape index (κ1) is 43.9. The number of unbranched alkanes of at least 4 members (excludes halogenated alkanes) is 20. The lowest BCUT2D eigenvalue weighted by Crippen LogP contribution is -2.16. The van der Waals surface area contributed by atoms with Gasteiger partial charge in [0.25, 0.3) is 0 Å². The average Bonchev–Trinajstić information content (AvgIpc) is 3.04. The molecule has 4 heteroatoms. The second kappa shape index (κ2) is 37.4. The predicted molar refractivity (Wildman–Crippen MR) is 199 cm³/mol. The van der Waals surface area contributed by atoms with Gasteiger partial charge in [-0.15, -0.1) is 0 Å². The largest absolute Gasteiger partial charge is 0.481 e. The van der Waals surface area contributed by atoms with Gasteiger partial charge in [0, 0.05) is 12.8 Å². The van der Waals surface area contributed by atoms with E-state index in [1.54, 1.807) is 0 Å². The molecule has 0 saturated heterocycles. The van der Waals surface area contributed by atoms with Crippen LogP contribution in [0.1, 0.15) is 200 Å². The Hall–Kier alpha value is -2.10. The molecule has 0 aliphatic heterocycles. The Morgan fingerprint density at radius 2 is 0.978 bits per heavy atom. The summed E-state index contributed by atoms with van der Waals surface area (Å²) in [4.78, 5) is 23.3. The van der Waals surface area contributed by atoms with E-state index in [0.29, 0.717) is 12.8 Å². The lowest BCUT2D eigenvalue weighted by atomic mass is 10.1. The Morgan fingerprint density at radius 3 is 1.52 bits per heavy atom. The third kappa shape index (κ3) is 36.4. The molecule has 0 aromatic rings. The van der Waals surface area contributed by atoms with Crippen molar-refractivity contribution in [2.24, 2.45) is 0 Å². The number of ether oxygens (including phenoxy) is 1. The zero-order valence-electron chi connectivity index (χ0n) is 30.4. The first-order chi connectivity index (χ1) is 22.6. The average molecular weight is 643 g/mol. The van der Waals surface area contributed by atoms with E-state index in [4.69, 9.17) is 9.84 Å². The number of carbonyl (C=O) groups excluding carboxylic acids is 1. The van der Waals surface area contributed by atoms with Crippen LogP contribution in [0.15, 0.2) is 48.6 Å². The van der Waals surface area contributed by atoms with Crippen molar-refractivity contribution in [2.75, 3.05) is 0 Å². The summed E-state index contributed by atoms with van der Waals surface area (Å²) >= 11 is 0. The SMILES string of the molecule is CC/C=C\C/C=C\C/C=C\C(CCCCCCC(=O)O)OC(=O)CCCCCCCCCCC/C=C\CCCCCCCCCC. The topological polar surface area (TPSA) is 63.6 Å². The number of esters is 1. The number of rotatable bonds is 35. The van der Waals surface area contributed by atoms with Crippen LogP contribution in [0.2, 0.25) is 0 Å². The zero-order chi connectivity index (χ0) is 33.6. The van der Waals surface area contributed by atoms with Crippen molar-refractivity contribution in [3.8, 4) is 0 Å². The monoisotopic (exact) mass is 643 g/mol. The van der Waals surface area contributed by atoms with E-state index in [-0.39, 0.29) is 18.5 Å². The van der Waals surface area contributed by atoms with E-state index < -0.39 is 5.97 Å². The zero-order valence-corrected chi connectivity index (χ0v) is 30.4. The van der Waals surface area contributed by atoms with Gasteiger partial charge >= 0.3 is 11.9 Å². The lowest BCUT2D eigenvalue weighted by molar-refractivity contribution is -0.147. The molecule has 1 N–H and O–H groups in total. The van der Waals surface area contributed by atoms with Gasteiger partial charge in [0.05, 0.1) is 0 Å². The molecule has 0 aliphatic carbocycles. The van der Waals surface area contributed by atoms with Crippen LogP contribution in [0.3, 0.4) is 0 Å². The number of hydrogen-bond acceptors (Lipinski definition) is 3. The van der Waals surface area contributed by atoms with Crippen molar-refractivity contribution in [1.82, 2.24) is 0 Å². The summed E-state index contributed by atoms with van der Waals surface area (Å²) in [7, 11) is 0. The molecule has 0 aromatic carbocycles. The molecule has 0 amide bonds. The van der Waals surface area contributed by atoms with Crippen LogP contribution in [0.5, 0.6) is 0 Å². The molecule has 1 unspecified atom stereocenters. The summed E-state index contributed by atoms with van der Waals surface area (Å²) in [5.41, 5.74) is 0. The molecular weight excluding hydrogens is 568 g/mol. The Balaban J connectivity index is 3.89. The number of allylic oxidation sites excluding steroid dienone is 7. The summed E-state index contributed by atoms with van der Waals surface area (Å²) in [5, 5.41) is 8.81. The van der Waals surface area contributed by atoms with Gasteiger partial charge < -0.3 is 9.84 Å². The van der Waals surface area contributed by atoms with Gasteiger partial charge in [-0.2, -0.15) is 0 Å². The number of carbonyl (C=O) groups is 2. The fourth-order valence-electron chi connectivity index (χ4n) is 5.64. The molecule has 0 aliphatic rings. The van der Waals surface area contributed by atoms with Crippen molar-refractivity contribution in [3.63, 3.8) is 0 Å². The molecule has 46 heavy (non-hydrogen) atoms. The molecule has 0 bridgehead atoms. The molecule has 0 radical (unpaired) electrons. The summed E-state index contributed by atoms with van der Waals surface area (Å²) < 4.78 is 5.84. The Bertz CT molecular complexity index is 779. The lowest BCUT2D eigenvalue weighted by Gasteiger charge is -2.14. The van der Waals surface area contributed by atoms with Crippen molar-refractivity contribution in [2.45, 2.75) is 206 Å². The fourth-order valence-corrected chi connectivity index (χ4v) is 5.64. The molecule has 0 saturated carbocycles. The summed E-state index contributed by atoms with van der Waals surface area (Å²) in [6, 6.07) is 0. The van der Waals surface area contributed by atoms with Crippen LogP contribution >= 0.6 is 0 Å². The highest BCUT2D eigenvalue weighted by molar-refractivity contribution is 5.69. The highest BCUT2D eigenvalue weighted by Crippen LogP contribution is 2.15. The van der Waals surface area contributed by atoms with Gasteiger partial charge in [-0.25, -0.2) is 0 Å². The second-order valence-corrected chi connectivity index (χ2v) is 13.1.